The quantitative estimate of drug-likeness (QED) is 0.326. The van der Waals surface area contributed by atoms with Gasteiger partial charge in [0.05, 0.1) is 30.2 Å². The first-order valence-corrected chi connectivity index (χ1v) is 13.7. The van der Waals surface area contributed by atoms with E-state index in [9.17, 15) is 28.3 Å². The van der Waals surface area contributed by atoms with Crippen molar-refractivity contribution in [3.8, 4) is 0 Å². The first-order chi connectivity index (χ1) is 19.1. The van der Waals surface area contributed by atoms with Crippen LogP contribution < -0.4 is 10.6 Å². The molecular formula is C27H31F2N7O4. The van der Waals surface area contributed by atoms with Gasteiger partial charge in [-0.2, -0.15) is 10.2 Å². The SMILES string of the molecule is CCn1nccc1C(=O)N[C@H](c1cn2nc(CC3(C(=O)O)CC(F)(F)CNC3=O)ccc2n1)C(C1CC1)C1CC1. The normalized spacial score (nSPS) is 23.2. The van der Waals surface area contributed by atoms with E-state index in [-0.39, 0.29) is 23.6 Å². The third-order valence-corrected chi connectivity index (χ3v) is 8.36. The molecule has 1 aliphatic heterocycles. The minimum absolute atomic E-state index is 0.167. The molecule has 0 bridgehead atoms. The maximum absolute atomic E-state index is 14.2. The molecule has 3 aliphatic rings. The second kappa shape index (κ2) is 9.63. The topological polar surface area (TPSA) is 144 Å². The van der Waals surface area contributed by atoms with Gasteiger partial charge in [-0.15, -0.1) is 0 Å². The Morgan fingerprint density at radius 2 is 1.93 bits per heavy atom. The van der Waals surface area contributed by atoms with Crippen LogP contribution in [0.5, 0.6) is 0 Å². The van der Waals surface area contributed by atoms with Gasteiger partial charge in [0.1, 0.15) is 5.69 Å². The Kier molecular flexibility index (Phi) is 6.34. The number of carbonyl (C=O) groups excluding carboxylic acids is 2. The van der Waals surface area contributed by atoms with Crippen LogP contribution in [0.25, 0.3) is 5.65 Å². The summed E-state index contributed by atoms with van der Waals surface area (Å²) in [5.74, 6) is -4.97. The van der Waals surface area contributed by atoms with Gasteiger partial charge < -0.3 is 15.7 Å². The minimum Gasteiger partial charge on any atom is -0.480 e. The number of carboxylic acids is 1. The van der Waals surface area contributed by atoms with Crippen molar-refractivity contribution in [1.82, 2.24) is 35.0 Å². The van der Waals surface area contributed by atoms with Crippen LogP contribution in [0.3, 0.4) is 0 Å². The number of rotatable bonds is 10. The lowest BCUT2D eigenvalue weighted by molar-refractivity contribution is -0.169. The number of hydrogen-bond donors (Lipinski definition) is 3. The van der Waals surface area contributed by atoms with Crippen LogP contribution in [0.4, 0.5) is 8.78 Å². The van der Waals surface area contributed by atoms with Gasteiger partial charge >= 0.3 is 5.97 Å². The lowest BCUT2D eigenvalue weighted by atomic mass is 9.74. The maximum atomic E-state index is 14.2. The number of carboxylic acid groups (broad SMARTS) is 1. The lowest BCUT2D eigenvalue weighted by Gasteiger charge is -2.36. The van der Waals surface area contributed by atoms with E-state index in [0.717, 1.165) is 25.7 Å². The average molecular weight is 556 g/mol. The van der Waals surface area contributed by atoms with Crippen LogP contribution in [0, 0.1) is 23.2 Å². The van der Waals surface area contributed by atoms with Gasteiger partial charge in [0, 0.05) is 25.6 Å². The summed E-state index contributed by atoms with van der Waals surface area (Å²) in [6.07, 6.45) is 6.07. The van der Waals surface area contributed by atoms with E-state index < -0.39 is 42.6 Å². The average Bonchev–Trinajstić information content (AvgIpc) is 3.84. The van der Waals surface area contributed by atoms with Crippen molar-refractivity contribution in [1.29, 1.82) is 0 Å². The Morgan fingerprint density at radius 3 is 2.58 bits per heavy atom. The highest BCUT2D eigenvalue weighted by Crippen LogP contribution is 2.54. The van der Waals surface area contributed by atoms with E-state index >= 15 is 0 Å². The Balaban J connectivity index is 1.33. The Bertz CT molecular complexity index is 1470. The molecule has 4 heterocycles. The van der Waals surface area contributed by atoms with Crippen LogP contribution in [-0.2, 0) is 22.6 Å². The van der Waals surface area contributed by atoms with Crippen molar-refractivity contribution >= 4 is 23.4 Å². The van der Waals surface area contributed by atoms with Gasteiger partial charge in [-0.3, -0.25) is 19.1 Å². The standard InChI is InChI=1S/C27H31F2N7O4/c1-2-35-19(9-10-31-35)23(37)33-22(21(15-3-4-15)16-5-6-16)18-12-36-20(32-18)8-7-17(34-36)11-26(25(39)40)13-27(28,29)14-30-24(26)38/h7-10,12,15-16,21-22H,2-6,11,13-14H2,1H3,(H,30,38)(H,33,37)(H,39,40)/t22-,26?/m1/s1. The predicted molar refractivity (Wildman–Crippen MR) is 136 cm³/mol. The van der Waals surface area contributed by atoms with Crippen LogP contribution in [0.2, 0.25) is 0 Å². The number of carbonyl (C=O) groups is 3. The molecule has 13 heteroatoms. The number of hydrogen-bond acceptors (Lipinski definition) is 6. The number of halogens is 2. The van der Waals surface area contributed by atoms with Gasteiger partial charge in [0.15, 0.2) is 11.1 Å². The Hall–Kier alpha value is -3.90. The third-order valence-electron chi connectivity index (χ3n) is 8.36. The highest BCUT2D eigenvalue weighted by atomic mass is 19.3. The van der Waals surface area contributed by atoms with Crippen molar-refractivity contribution in [2.45, 2.75) is 64.0 Å². The summed E-state index contributed by atoms with van der Waals surface area (Å²) in [7, 11) is 0. The molecule has 0 spiro atoms. The molecule has 2 aliphatic carbocycles. The van der Waals surface area contributed by atoms with E-state index in [1.807, 2.05) is 12.2 Å². The number of aliphatic carboxylic acids is 1. The zero-order chi connectivity index (χ0) is 28.2. The molecule has 11 nitrogen and oxygen atoms in total. The van der Waals surface area contributed by atoms with E-state index in [0.29, 0.717) is 35.4 Å². The third kappa shape index (κ3) is 4.81. The number of alkyl halides is 2. The molecule has 0 aromatic carbocycles. The van der Waals surface area contributed by atoms with E-state index in [2.05, 4.69) is 15.5 Å². The molecule has 2 saturated carbocycles. The van der Waals surface area contributed by atoms with Crippen LogP contribution >= 0.6 is 0 Å². The second-order valence-corrected chi connectivity index (χ2v) is 11.3. The van der Waals surface area contributed by atoms with E-state index in [4.69, 9.17) is 4.98 Å². The van der Waals surface area contributed by atoms with Gasteiger partial charge in [-0.05, 0) is 68.6 Å². The van der Waals surface area contributed by atoms with Crippen molar-refractivity contribution in [3.05, 3.63) is 47.7 Å². The van der Waals surface area contributed by atoms with E-state index in [1.165, 1.54) is 10.6 Å². The van der Waals surface area contributed by atoms with Crippen molar-refractivity contribution < 1.29 is 28.3 Å². The number of amides is 2. The fourth-order valence-corrected chi connectivity index (χ4v) is 6.10. The first kappa shape index (κ1) is 26.3. The molecule has 3 fully saturated rings. The summed E-state index contributed by atoms with van der Waals surface area (Å²) in [5.41, 5.74) is -0.624. The largest absolute Gasteiger partial charge is 0.480 e. The number of aromatic nitrogens is 5. The summed E-state index contributed by atoms with van der Waals surface area (Å²) in [5, 5.41) is 23.8. The van der Waals surface area contributed by atoms with E-state index in [1.54, 1.807) is 29.2 Å². The number of nitrogens with zero attached hydrogens (tertiary/aromatic N) is 5. The number of aryl methyl sites for hydroxylation is 1. The Morgan fingerprint density at radius 1 is 1.20 bits per heavy atom. The minimum atomic E-state index is -3.35. The lowest BCUT2D eigenvalue weighted by Crippen LogP contribution is -2.59. The zero-order valence-corrected chi connectivity index (χ0v) is 22.0. The summed E-state index contributed by atoms with van der Waals surface area (Å²) in [4.78, 5) is 42.8. The molecule has 2 amide bonds. The summed E-state index contributed by atoms with van der Waals surface area (Å²) in [6, 6.07) is 4.43. The summed E-state index contributed by atoms with van der Waals surface area (Å²) >= 11 is 0. The summed E-state index contributed by atoms with van der Waals surface area (Å²) in [6.45, 7) is 1.57. The molecule has 0 radical (unpaired) electrons. The van der Waals surface area contributed by atoms with Crippen LogP contribution in [0.1, 0.15) is 66.9 Å². The zero-order valence-electron chi connectivity index (χ0n) is 22.0. The molecule has 2 atom stereocenters. The number of nitrogens with one attached hydrogen (secondary N) is 2. The number of piperidine rings is 1. The molecule has 40 heavy (non-hydrogen) atoms. The maximum Gasteiger partial charge on any atom is 0.319 e. The van der Waals surface area contributed by atoms with Gasteiger partial charge in [-0.1, -0.05) is 0 Å². The molecule has 1 unspecified atom stereocenters. The molecule has 3 N–H and O–H groups in total. The monoisotopic (exact) mass is 555 g/mol. The molecule has 3 aromatic rings. The predicted octanol–water partition coefficient (Wildman–Crippen LogP) is 2.62. The van der Waals surface area contributed by atoms with Crippen molar-refractivity contribution in [2.75, 3.05) is 6.54 Å². The van der Waals surface area contributed by atoms with Gasteiger partial charge in [0.25, 0.3) is 11.8 Å². The first-order valence-electron chi connectivity index (χ1n) is 13.7. The Labute approximate surface area is 228 Å². The fourth-order valence-electron chi connectivity index (χ4n) is 6.10. The molecule has 3 aromatic heterocycles. The fraction of sp³-hybridized carbons (Fsp3) is 0.556. The molecule has 212 valence electrons. The highest BCUT2D eigenvalue weighted by molar-refractivity contribution is 6.03. The van der Waals surface area contributed by atoms with Crippen LogP contribution in [0.15, 0.2) is 30.6 Å². The summed E-state index contributed by atoms with van der Waals surface area (Å²) < 4.78 is 31.5. The van der Waals surface area contributed by atoms with Gasteiger partial charge in [0.2, 0.25) is 5.91 Å². The smallest absolute Gasteiger partial charge is 0.319 e. The number of fused-ring (bicyclic) bond motifs is 1. The van der Waals surface area contributed by atoms with Crippen molar-refractivity contribution in [3.63, 3.8) is 0 Å². The van der Waals surface area contributed by atoms with Crippen molar-refractivity contribution in [2.24, 2.45) is 23.2 Å². The highest BCUT2D eigenvalue weighted by Gasteiger charge is 2.57. The van der Waals surface area contributed by atoms with Crippen LogP contribution in [-0.4, -0.2) is 59.7 Å². The number of imidazole rings is 1. The second-order valence-electron chi connectivity index (χ2n) is 11.3. The molecule has 1 saturated heterocycles. The van der Waals surface area contributed by atoms with Gasteiger partial charge in [-0.25, -0.2) is 18.3 Å². The molecule has 6 rings (SSSR count). The molecular weight excluding hydrogens is 524 g/mol.